The second-order valence-corrected chi connectivity index (χ2v) is 5.61. The second kappa shape index (κ2) is 5.65. The molecule has 0 aliphatic carbocycles. The fourth-order valence-electron chi connectivity index (χ4n) is 3.42. The van der Waals surface area contributed by atoms with E-state index in [-0.39, 0.29) is 35.3 Å². The van der Waals surface area contributed by atoms with Gasteiger partial charge in [0, 0.05) is 30.1 Å². The molecule has 0 radical (unpaired) electrons. The Balaban J connectivity index is 0.00000144. The summed E-state index contributed by atoms with van der Waals surface area (Å²) in [4.78, 5) is 2.26. The Bertz CT molecular complexity index is 876. The minimum absolute atomic E-state index is 0. The number of methoxy groups -OCH3 is 1. The third-order valence-corrected chi connectivity index (χ3v) is 4.44. The summed E-state index contributed by atoms with van der Waals surface area (Å²) in [6.07, 6.45) is 0.900. The van der Waals surface area contributed by atoms with Crippen molar-refractivity contribution in [2.75, 3.05) is 25.6 Å². The van der Waals surface area contributed by atoms with Gasteiger partial charge < -0.3 is 14.7 Å². The number of likely N-dealkylation sites (N-methyl/N-ethyl adjacent to an activating group) is 1. The third kappa shape index (κ3) is 2.08. The summed E-state index contributed by atoms with van der Waals surface area (Å²) in [7, 11) is 3.68. The Morgan fingerprint density at radius 1 is 1.14 bits per heavy atom. The van der Waals surface area contributed by atoms with E-state index in [0.717, 1.165) is 34.7 Å². The first-order valence-corrected chi connectivity index (χ1v) is 7.14. The van der Waals surface area contributed by atoms with E-state index in [0.29, 0.717) is 5.75 Å². The molecule has 0 N–H and O–H groups in total. The van der Waals surface area contributed by atoms with Crippen molar-refractivity contribution in [2.45, 2.75) is 6.42 Å². The van der Waals surface area contributed by atoms with E-state index in [4.69, 9.17) is 4.74 Å². The maximum Gasteiger partial charge on any atom is 1.00 e. The van der Waals surface area contributed by atoms with Gasteiger partial charge in [-0.05, 0) is 28.8 Å². The van der Waals surface area contributed by atoms with Crippen LogP contribution in [0.2, 0.25) is 0 Å². The van der Waals surface area contributed by atoms with Crippen LogP contribution in [0.15, 0.2) is 36.4 Å². The number of rotatable bonds is 1. The fraction of sp³-hybridized carbons (Fsp3) is 0.222. The molecule has 0 bridgehead atoms. The first kappa shape index (κ1) is 15.5. The Hall–Kier alpha value is -1.42. The zero-order valence-corrected chi connectivity index (χ0v) is 15.1. The summed E-state index contributed by atoms with van der Waals surface area (Å²) >= 11 is 0. The Labute approximate surface area is 151 Å². The second-order valence-electron chi connectivity index (χ2n) is 5.61. The van der Waals surface area contributed by atoms with E-state index >= 15 is 0 Å². The first-order valence-electron chi connectivity index (χ1n) is 7.14. The topological polar surface area (TPSA) is 35.5 Å². The minimum atomic E-state index is -0.0214. The van der Waals surface area contributed by atoms with Crippen LogP contribution in [0, 0.1) is 0 Å². The van der Waals surface area contributed by atoms with Crippen LogP contribution in [0.4, 0.5) is 5.69 Å². The molecule has 1 aliphatic rings. The van der Waals surface area contributed by atoms with Crippen molar-refractivity contribution in [3.05, 3.63) is 42.0 Å². The van der Waals surface area contributed by atoms with Gasteiger partial charge in [-0.2, -0.15) is 0 Å². The average molecular weight is 301 g/mol. The molecule has 0 aromatic heterocycles. The zero-order valence-electron chi connectivity index (χ0n) is 13.1. The molecule has 1 aliphatic heterocycles. The third-order valence-electron chi connectivity index (χ3n) is 4.44. The van der Waals surface area contributed by atoms with Crippen LogP contribution >= 0.6 is 0 Å². The molecule has 0 saturated carbocycles. The summed E-state index contributed by atoms with van der Waals surface area (Å²) in [5.74, 6) is 0.439. The molecule has 0 amide bonds. The SMILES string of the molecule is COc1c([O-])cc2c3c(cc4ccccc4c13)N(C)CC2.[Na+]. The van der Waals surface area contributed by atoms with Gasteiger partial charge in [0.1, 0.15) is 5.75 Å². The van der Waals surface area contributed by atoms with Crippen molar-refractivity contribution in [3.8, 4) is 11.5 Å². The van der Waals surface area contributed by atoms with Gasteiger partial charge in [-0.1, -0.05) is 36.1 Å². The molecular formula is C18H16NNaO2. The molecule has 3 nitrogen and oxygen atoms in total. The maximum absolute atomic E-state index is 12.4. The summed E-state index contributed by atoms with van der Waals surface area (Å²) in [6.45, 7) is 0.937. The van der Waals surface area contributed by atoms with E-state index in [2.05, 4.69) is 30.1 Å². The summed E-state index contributed by atoms with van der Waals surface area (Å²) < 4.78 is 5.45. The normalized spacial score (nSPS) is 13.3. The van der Waals surface area contributed by atoms with E-state index in [1.54, 1.807) is 13.2 Å². The van der Waals surface area contributed by atoms with Gasteiger partial charge in [0.2, 0.25) is 0 Å². The van der Waals surface area contributed by atoms with E-state index in [1.807, 2.05) is 12.1 Å². The number of anilines is 1. The Kier molecular flexibility index (Phi) is 3.98. The van der Waals surface area contributed by atoms with Gasteiger partial charge >= 0.3 is 29.6 Å². The zero-order chi connectivity index (χ0) is 14.6. The number of fused-ring (bicyclic) bond motifs is 2. The first-order chi connectivity index (χ1) is 10.2. The van der Waals surface area contributed by atoms with Crippen molar-refractivity contribution in [3.63, 3.8) is 0 Å². The monoisotopic (exact) mass is 301 g/mol. The molecule has 0 fully saturated rings. The van der Waals surface area contributed by atoms with E-state index < -0.39 is 0 Å². The van der Waals surface area contributed by atoms with Crippen molar-refractivity contribution < 1.29 is 39.4 Å². The predicted molar refractivity (Wildman–Crippen MR) is 84.4 cm³/mol. The van der Waals surface area contributed by atoms with Crippen molar-refractivity contribution in [1.82, 2.24) is 0 Å². The standard InChI is InChI=1S/C18H17NO2.Na/c1-19-8-7-12-10-15(20)18(21-2)17-13-6-4-3-5-11(13)9-14(19)16(12)17;/h3-6,9-10,20H,7-8H2,1-2H3;/q;+1/p-1. The van der Waals surface area contributed by atoms with Gasteiger partial charge in [-0.3, -0.25) is 0 Å². The number of nitrogens with zero attached hydrogens (tertiary/aromatic N) is 1. The number of benzene rings is 3. The fourth-order valence-corrected chi connectivity index (χ4v) is 3.42. The van der Waals surface area contributed by atoms with Crippen LogP contribution in [0.1, 0.15) is 5.56 Å². The molecule has 4 heteroatoms. The average Bonchev–Trinajstić information content (AvgIpc) is 2.50. The molecule has 0 spiro atoms. The van der Waals surface area contributed by atoms with E-state index in [1.165, 1.54) is 11.1 Å². The number of hydrogen-bond donors (Lipinski definition) is 0. The molecule has 4 rings (SSSR count). The Morgan fingerprint density at radius 3 is 2.68 bits per heavy atom. The van der Waals surface area contributed by atoms with Crippen LogP contribution in [0.5, 0.6) is 11.5 Å². The van der Waals surface area contributed by atoms with Gasteiger partial charge in [-0.15, -0.1) is 0 Å². The summed E-state index contributed by atoms with van der Waals surface area (Å²) in [5, 5.41) is 16.7. The Morgan fingerprint density at radius 2 is 1.91 bits per heavy atom. The maximum atomic E-state index is 12.4. The van der Waals surface area contributed by atoms with Crippen LogP contribution < -0.4 is 44.3 Å². The van der Waals surface area contributed by atoms with Gasteiger partial charge in [-0.25, -0.2) is 0 Å². The summed E-state index contributed by atoms with van der Waals surface area (Å²) in [5.41, 5.74) is 2.32. The van der Waals surface area contributed by atoms with Crippen LogP contribution in [-0.2, 0) is 6.42 Å². The largest absolute Gasteiger partial charge is 1.00 e. The quantitative estimate of drug-likeness (QED) is 0.471. The van der Waals surface area contributed by atoms with Gasteiger partial charge in [0.25, 0.3) is 0 Å². The van der Waals surface area contributed by atoms with Crippen LogP contribution in [0.25, 0.3) is 21.5 Å². The molecule has 22 heavy (non-hydrogen) atoms. The predicted octanol–water partition coefficient (Wildman–Crippen LogP) is 0.0715. The number of hydrogen-bond acceptors (Lipinski definition) is 3. The molecule has 3 aromatic rings. The van der Waals surface area contributed by atoms with Crippen LogP contribution in [0.3, 0.4) is 0 Å². The molecular weight excluding hydrogens is 285 g/mol. The van der Waals surface area contributed by atoms with Crippen molar-refractivity contribution >= 4 is 27.2 Å². The molecule has 1 heterocycles. The van der Waals surface area contributed by atoms with Crippen molar-refractivity contribution in [1.29, 1.82) is 0 Å². The number of ether oxygens (including phenoxy) is 1. The van der Waals surface area contributed by atoms with E-state index in [9.17, 15) is 5.11 Å². The molecule has 3 aromatic carbocycles. The molecule has 0 unspecified atom stereocenters. The summed E-state index contributed by atoms with van der Waals surface area (Å²) in [6, 6.07) is 12.1. The smallest absolute Gasteiger partial charge is 0.870 e. The van der Waals surface area contributed by atoms with Gasteiger partial charge in [0.15, 0.2) is 0 Å². The molecule has 0 atom stereocenters. The van der Waals surface area contributed by atoms with Crippen molar-refractivity contribution in [2.24, 2.45) is 0 Å². The van der Waals surface area contributed by atoms with Crippen LogP contribution in [-0.4, -0.2) is 20.7 Å². The van der Waals surface area contributed by atoms with Gasteiger partial charge in [0.05, 0.1) is 7.11 Å². The molecule has 0 saturated heterocycles. The minimum Gasteiger partial charge on any atom is -0.870 e. The molecule has 106 valence electrons.